The Balaban J connectivity index is 0.000000757. The number of anilines is 1. The van der Waals surface area contributed by atoms with E-state index in [1.165, 1.54) is 27.3 Å². The number of esters is 1. The smallest absolute Gasteiger partial charge is 0.348 e. The van der Waals surface area contributed by atoms with Crippen LogP contribution in [-0.4, -0.2) is 19.1 Å². The Bertz CT molecular complexity index is 918. The van der Waals surface area contributed by atoms with Gasteiger partial charge in [0, 0.05) is 29.2 Å². The van der Waals surface area contributed by atoms with Crippen molar-refractivity contribution in [3.63, 3.8) is 0 Å². The fraction of sp³-hybridized carbons (Fsp3) is 0.346. The fourth-order valence-electron chi connectivity index (χ4n) is 3.43. The van der Waals surface area contributed by atoms with Crippen molar-refractivity contribution in [2.24, 2.45) is 0 Å². The Kier molecular flexibility index (Phi) is 9.62. The van der Waals surface area contributed by atoms with Gasteiger partial charge in [0.1, 0.15) is 4.88 Å². The molecule has 30 heavy (non-hydrogen) atoms. The number of nitrogens with zero attached hydrogens (tertiary/aromatic N) is 1. The van der Waals surface area contributed by atoms with Crippen LogP contribution in [0, 0.1) is 0 Å². The summed E-state index contributed by atoms with van der Waals surface area (Å²) in [6.07, 6.45) is 0.923. The molecule has 4 heteroatoms. The van der Waals surface area contributed by atoms with Crippen LogP contribution >= 0.6 is 11.3 Å². The second-order valence-electron chi connectivity index (χ2n) is 6.36. The maximum absolute atomic E-state index is 12.1. The highest BCUT2D eigenvalue weighted by Gasteiger charge is 2.24. The summed E-state index contributed by atoms with van der Waals surface area (Å²) in [6.45, 7) is 12.1. The van der Waals surface area contributed by atoms with Crippen LogP contribution < -0.4 is 4.90 Å². The lowest BCUT2D eigenvalue weighted by Crippen LogP contribution is -2.24. The normalized spacial score (nSPS) is 11.6. The standard InChI is InChI=1S/C22H21NO2S.2C2H6/c1-2-25-22(24)20-14-17-12-13-23(15-16-8-4-3-5-9-16)19-11-7-6-10-18(19)21(17)26-20;2*1-2/h3-11,14H,2,12-13,15H2,1H3;2*1-2H3. The number of hydrogen-bond donors (Lipinski definition) is 0. The molecular formula is C26H33NO2S. The lowest BCUT2D eigenvalue weighted by atomic mass is 10.1. The van der Waals surface area contributed by atoms with Crippen LogP contribution in [0.15, 0.2) is 60.7 Å². The van der Waals surface area contributed by atoms with Crippen molar-refractivity contribution in [3.05, 3.63) is 76.7 Å². The van der Waals surface area contributed by atoms with Crippen LogP contribution in [0.2, 0.25) is 0 Å². The van der Waals surface area contributed by atoms with Crippen molar-refractivity contribution in [1.29, 1.82) is 0 Å². The monoisotopic (exact) mass is 423 g/mol. The van der Waals surface area contributed by atoms with Crippen LogP contribution in [-0.2, 0) is 17.7 Å². The molecule has 1 aliphatic rings. The molecule has 0 N–H and O–H groups in total. The Morgan fingerprint density at radius 2 is 1.67 bits per heavy atom. The number of ether oxygens (including phenoxy) is 1. The van der Waals surface area contributed by atoms with Crippen molar-refractivity contribution in [2.45, 2.75) is 47.6 Å². The highest BCUT2D eigenvalue weighted by Crippen LogP contribution is 2.41. The van der Waals surface area contributed by atoms with Gasteiger partial charge in [0.05, 0.1) is 6.61 Å². The van der Waals surface area contributed by atoms with Crippen LogP contribution in [0.1, 0.15) is 55.4 Å². The highest BCUT2D eigenvalue weighted by molar-refractivity contribution is 7.17. The van der Waals surface area contributed by atoms with Gasteiger partial charge >= 0.3 is 5.97 Å². The lowest BCUT2D eigenvalue weighted by Gasteiger charge is -2.25. The van der Waals surface area contributed by atoms with Gasteiger partial charge in [-0.15, -0.1) is 11.3 Å². The molecule has 1 aliphatic heterocycles. The largest absolute Gasteiger partial charge is 0.462 e. The van der Waals surface area contributed by atoms with Crippen molar-refractivity contribution in [1.82, 2.24) is 0 Å². The first-order valence-electron chi connectivity index (χ1n) is 10.9. The topological polar surface area (TPSA) is 29.5 Å². The van der Waals surface area contributed by atoms with E-state index in [-0.39, 0.29) is 5.97 Å². The van der Waals surface area contributed by atoms with E-state index < -0.39 is 0 Å². The molecule has 0 spiro atoms. The lowest BCUT2D eigenvalue weighted by molar-refractivity contribution is 0.0532. The number of carbonyl (C=O) groups excluding carboxylic acids is 1. The number of fused-ring (bicyclic) bond motifs is 3. The van der Waals surface area contributed by atoms with Crippen LogP contribution in [0.3, 0.4) is 0 Å². The first-order chi connectivity index (χ1) is 14.8. The summed E-state index contributed by atoms with van der Waals surface area (Å²) in [7, 11) is 0. The zero-order valence-corrected chi connectivity index (χ0v) is 19.6. The zero-order chi connectivity index (χ0) is 21.9. The van der Waals surface area contributed by atoms with Gasteiger partial charge in [0.15, 0.2) is 0 Å². The molecule has 0 aliphatic carbocycles. The van der Waals surface area contributed by atoms with Gasteiger partial charge in [-0.25, -0.2) is 4.79 Å². The number of carbonyl (C=O) groups is 1. The van der Waals surface area contributed by atoms with E-state index in [0.29, 0.717) is 11.5 Å². The molecule has 0 amide bonds. The molecule has 2 heterocycles. The number of rotatable bonds is 4. The highest BCUT2D eigenvalue weighted by atomic mass is 32.1. The van der Waals surface area contributed by atoms with Gasteiger partial charge in [-0.1, -0.05) is 76.2 Å². The van der Waals surface area contributed by atoms with Gasteiger partial charge in [-0.2, -0.15) is 0 Å². The SMILES string of the molecule is CC.CC.CCOC(=O)c1cc2c(s1)-c1ccccc1N(Cc1ccccc1)CC2. The van der Waals surface area contributed by atoms with E-state index in [9.17, 15) is 4.79 Å². The van der Waals surface area contributed by atoms with E-state index in [2.05, 4.69) is 53.4 Å². The van der Waals surface area contributed by atoms with Crippen molar-refractivity contribution in [2.75, 3.05) is 18.1 Å². The molecule has 3 nitrogen and oxygen atoms in total. The summed E-state index contributed by atoms with van der Waals surface area (Å²) in [4.78, 5) is 16.5. The molecule has 0 atom stereocenters. The van der Waals surface area contributed by atoms with E-state index in [1.54, 1.807) is 11.3 Å². The molecule has 160 valence electrons. The predicted octanol–water partition coefficient (Wildman–Crippen LogP) is 7.21. The zero-order valence-electron chi connectivity index (χ0n) is 18.8. The van der Waals surface area contributed by atoms with Crippen molar-refractivity contribution < 1.29 is 9.53 Å². The molecule has 0 bridgehead atoms. The molecular weight excluding hydrogens is 390 g/mol. The van der Waals surface area contributed by atoms with Gasteiger partial charge in [-0.05, 0) is 36.6 Å². The van der Waals surface area contributed by atoms with E-state index in [1.807, 2.05) is 46.8 Å². The van der Waals surface area contributed by atoms with Gasteiger partial charge in [0.2, 0.25) is 0 Å². The maximum atomic E-state index is 12.1. The van der Waals surface area contributed by atoms with E-state index in [0.717, 1.165) is 19.5 Å². The Morgan fingerprint density at radius 1 is 1.00 bits per heavy atom. The molecule has 0 unspecified atom stereocenters. The number of para-hydroxylation sites is 1. The molecule has 0 saturated carbocycles. The van der Waals surface area contributed by atoms with Crippen molar-refractivity contribution >= 4 is 23.0 Å². The average Bonchev–Trinajstić information content (AvgIpc) is 3.19. The Hall–Kier alpha value is -2.59. The summed E-state index contributed by atoms with van der Waals surface area (Å²) in [5.41, 5.74) is 4.98. The quantitative estimate of drug-likeness (QED) is 0.415. The number of hydrogen-bond acceptors (Lipinski definition) is 4. The Morgan fingerprint density at radius 3 is 2.37 bits per heavy atom. The van der Waals surface area contributed by atoms with E-state index >= 15 is 0 Å². The Labute approximate surface area is 185 Å². The first-order valence-corrected chi connectivity index (χ1v) is 11.8. The first kappa shape index (κ1) is 23.7. The molecule has 4 rings (SSSR count). The minimum Gasteiger partial charge on any atom is -0.462 e. The van der Waals surface area contributed by atoms with Gasteiger partial charge in [-0.3, -0.25) is 0 Å². The average molecular weight is 424 g/mol. The van der Waals surface area contributed by atoms with Crippen LogP contribution in [0.25, 0.3) is 10.4 Å². The minimum absolute atomic E-state index is 0.218. The third kappa shape index (κ3) is 5.51. The molecule has 3 aromatic rings. The summed E-state index contributed by atoms with van der Waals surface area (Å²) < 4.78 is 5.19. The summed E-state index contributed by atoms with van der Waals surface area (Å²) >= 11 is 1.55. The molecule has 2 aromatic carbocycles. The predicted molar refractivity (Wildman–Crippen MR) is 130 cm³/mol. The van der Waals surface area contributed by atoms with Gasteiger partial charge < -0.3 is 9.64 Å². The molecule has 0 saturated heterocycles. The van der Waals surface area contributed by atoms with Crippen molar-refractivity contribution in [3.8, 4) is 10.4 Å². The summed E-state index contributed by atoms with van der Waals surface area (Å²) in [5.74, 6) is -0.218. The third-order valence-corrected chi connectivity index (χ3v) is 5.83. The minimum atomic E-state index is -0.218. The summed E-state index contributed by atoms with van der Waals surface area (Å²) in [5, 5.41) is 0. The van der Waals surface area contributed by atoms with E-state index in [4.69, 9.17) is 4.74 Å². The molecule has 1 aromatic heterocycles. The summed E-state index contributed by atoms with van der Waals surface area (Å²) in [6, 6.07) is 21.1. The number of thiophene rings is 1. The third-order valence-electron chi connectivity index (χ3n) is 4.64. The number of benzene rings is 2. The van der Waals surface area contributed by atoms with Crippen LogP contribution in [0.5, 0.6) is 0 Å². The maximum Gasteiger partial charge on any atom is 0.348 e. The second-order valence-corrected chi connectivity index (χ2v) is 7.41. The fourth-order valence-corrected chi connectivity index (χ4v) is 4.57. The molecule has 0 radical (unpaired) electrons. The van der Waals surface area contributed by atoms with Gasteiger partial charge in [0.25, 0.3) is 0 Å². The second kappa shape index (κ2) is 12.2. The van der Waals surface area contributed by atoms with Crippen LogP contribution in [0.4, 0.5) is 5.69 Å². The molecule has 0 fully saturated rings.